The maximum Gasteiger partial charge on any atom is 0.446 e. The molecule has 18 heavy (non-hydrogen) atoms. The van der Waals surface area contributed by atoms with E-state index >= 15 is 0 Å². The van der Waals surface area contributed by atoms with Crippen LogP contribution in [0.5, 0.6) is 0 Å². The highest BCUT2D eigenvalue weighted by Gasteiger charge is 2.29. The second-order valence-corrected chi connectivity index (χ2v) is 5.00. The summed E-state index contributed by atoms with van der Waals surface area (Å²) in [5, 5.41) is -1.03. The van der Waals surface area contributed by atoms with Gasteiger partial charge in [-0.1, -0.05) is 6.07 Å². The van der Waals surface area contributed by atoms with Crippen LogP contribution in [-0.4, -0.2) is 17.6 Å². The summed E-state index contributed by atoms with van der Waals surface area (Å²) in [5.41, 5.74) is -4.23. The first kappa shape index (κ1) is 15.0. The zero-order valence-corrected chi connectivity index (χ0v) is 10.7. The molecule has 0 heterocycles. The van der Waals surface area contributed by atoms with Crippen LogP contribution in [0.3, 0.4) is 0 Å². The van der Waals surface area contributed by atoms with Gasteiger partial charge in [-0.3, -0.25) is 9.59 Å². The average Bonchev–Trinajstić information content (AvgIpc) is 2.25. The largest absolute Gasteiger partial charge is 0.446 e. The van der Waals surface area contributed by atoms with E-state index in [1.54, 1.807) is 0 Å². The summed E-state index contributed by atoms with van der Waals surface area (Å²) >= 11 is 5.45. The predicted molar refractivity (Wildman–Crippen MR) is 63.0 cm³/mol. The summed E-state index contributed by atoms with van der Waals surface area (Å²) in [4.78, 5) is 21.8. The number of alkyl halides is 4. The molecule has 1 unspecified atom stereocenters. The zero-order chi connectivity index (χ0) is 13.9. The van der Waals surface area contributed by atoms with Crippen molar-refractivity contribution in [2.45, 2.75) is 22.7 Å². The summed E-state index contributed by atoms with van der Waals surface area (Å²) in [7, 11) is 0. The van der Waals surface area contributed by atoms with Gasteiger partial charge in [0.05, 0.1) is 0 Å². The summed E-state index contributed by atoms with van der Waals surface area (Å²) in [5.74, 6) is -0.379. The predicted octanol–water partition coefficient (Wildman–Crippen LogP) is 3.98. The molecule has 0 saturated heterocycles. The molecule has 0 fully saturated rings. The average molecular weight is 297 g/mol. The Morgan fingerprint density at radius 2 is 2.06 bits per heavy atom. The lowest BCUT2D eigenvalue weighted by Crippen LogP contribution is -2.06. The SMILES string of the molecule is CC(=O)C(Cl)c1ccc(SC(F)(F)F)cc1C=O. The molecule has 0 N–H and O–H groups in total. The van der Waals surface area contributed by atoms with Crippen molar-refractivity contribution in [2.75, 3.05) is 0 Å². The molecule has 1 aromatic rings. The topological polar surface area (TPSA) is 34.1 Å². The van der Waals surface area contributed by atoms with E-state index in [4.69, 9.17) is 11.6 Å². The van der Waals surface area contributed by atoms with Crippen LogP contribution in [0, 0.1) is 0 Å². The fraction of sp³-hybridized carbons (Fsp3) is 0.273. The Bertz CT molecular complexity index is 474. The van der Waals surface area contributed by atoms with Gasteiger partial charge in [0.15, 0.2) is 5.78 Å². The summed E-state index contributed by atoms with van der Waals surface area (Å²) in [6.45, 7) is 1.24. The first-order valence-electron chi connectivity index (χ1n) is 4.74. The van der Waals surface area contributed by atoms with E-state index in [9.17, 15) is 22.8 Å². The molecule has 0 bridgehead atoms. The normalized spacial score (nSPS) is 13.2. The number of benzene rings is 1. The minimum atomic E-state index is -4.43. The van der Waals surface area contributed by atoms with Crippen LogP contribution in [0.15, 0.2) is 23.1 Å². The van der Waals surface area contributed by atoms with E-state index in [-0.39, 0.29) is 33.6 Å². The number of ketones is 1. The third-order valence-corrected chi connectivity index (χ3v) is 3.31. The molecule has 98 valence electrons. The molecule has 1 rings (SSSR count). The number of aldehydes is 1. The Morgan fingerprint density at radius 1 is 1.44 bits per heavy atom. The van der Waals surface area contributed by atoms with Gasteiger partial charge in [0.25, 0.3) is 0 Å². The Balaban J connectivity index is 3.11. The first-order valence-corrected chi connectivity index (χ1v) is 5.99. The van der Waals surface area contributed by atoms with Crippen LogP contribution in [0.25, 0.3) is 0 Å². The van der Waals surface area contributed by atoms with Crippen molar-refractivity contribution in [2.24, 2.45) is 0 Å². The molecule has 1 aromatic carbocycles. The Morgan fingerprint density at radius 3 is 2.50 bits per heavy atom. The van der Waals surface area contributed by atoms with Gasteiger partial charge < -0.3 is 0 Å². The second kappa shape index (κ2) is 5.75. The number of rotatable bonds is 4. The van der Waals surface area contributed by atoms with E-state index in [0.717, 1.165) is 6.07 Å². The number of hydrogen-bond acceptors (Lipinski definition) is 3. The lowest BCUT2D eigenvalue weighted by Gasteiger charge is -2.11. The fourth-order valence-electron chi connectivity index (χ4n) is 1.30. The molecule has 0 saturated carbocycles. The Kier molecular flexibility index (Phi) is 4.81. The standard InChI is InChI=1S/C11H8ClF3O2S/c1-6(17)10(12)9-3-2-8(4-7(9)5-16)18-11(13,14)15/h2-5,10H,1H3. The number of Topliss-reactive ketones (excluding diaryl/α,β-unsaturated/α-hetero) is 1. The third kappa shape index (κ3) is 4.03. The monoisotopic (exact) mass is 296 g/mol. The van der Waals surface area contributed by atoms with Gasteiger partial charge in [0.1, 0.15) is 11.7 Å². The van der Waals surface area contributed by atoms with Crippen LogP contribution >= 0.6 is 23.4 Å². The molecule has 0 aliphatic heterocycles. The van der Waals surface area contributed by atoms with Crippen molar-refractivity contribution in [1.82, 2.24) is 0 Å². The molecule has 0 aliphatic carbocycles. The van der Waals surface area contributed by atoms with Crippen LogP contribution in [0.4, 0.5) is 13.2 Å². The molecule has 0 spiro atoms. The first-order chi connectivity index (χ1) is 8.24. The van der Waals surface area contributed by atoms with Crippen molar-refractivity contribution in [3.8, 4) is 0 Å². The Hall–Kier alpha value is -1.01. The maximum absolute atomic E-state index is 12.2. The van der Waals surface area contributed by atoms with Crippen molar-refractivity contribution in [1.29, 1.82) is 0 Å². The maximum atomic E-state index is 12.2. The Labute approximate surface area is 111 Å². The molecule has 0 radical (unpaired) electrons. The molecule has 7 heteroatoms. The van der Waals surface area contributed by atoms with E-state index in [2.05, 4.69) is 0 Å². The number of halogens is 4. The van der Waals surface area contributed by atoms with E-state index < -0.39 is 10.9 Å². The quantitative estimate of drug-likeness (QED) is 0.479. The molecule has 2 nitrogen and oxygen atoms in total. The van der Waals surface area contributed by atoms with Crippen molar-refractivity contribution in [3.63, 3.8) is 0 Å². The number of carbonyl (C=O) groups is 2. The van der Waals surface area contributed by atoms with Crippen molar-refractivity contribution < 1.29 is 22.8 Å². The summed E-state index contributed by atoms with van der Waals surface area (Å²) < 4.78 is 36.5. The van der Waals surface area contributed by atoms with Crippen LogP contribution in [0.1, 0.15) is 28.2 Å². The van der Waals surface area contributed by atoms with Gasteiger partial charge in [-0.25, -0.2) is 0 Å². The number of carbonyl (C=O) groups excluding carboxylic acids is 2. The molecule has 0 amide bonds. The van der Waals surface area contributed by atoms with Gasteiger partial charge in [-0.05, 0) is 36.4 Å². The van der Waals surface area contributed by atoms with Crippen molar-refractivity contribution >= 4 is 35.4 Å². The molecule has 0 aliphatic rings. The van der Waals surface area contributed by atoms with Gasteiger partial charge in [-0.15, -0.1) is 11.6 Å². The second-order valence-electron chi connectivity index (χ2n) is 3.43. The highest BCUT2D eigenvalue weighted by atomic mass is 35.5. The van der Waals surface area contributed by atoms with Crippen molar-refractivity contribution in [3.05, 3.63) is 29.3 Å². The van der Waals surface area contributed by atoms with Gasteiger partial charge in [0.2, 0.25) is 0 Å². The fourth-order valence-corrected chi connectivity index (χ4v) is 2.09. The highest BCUT2D eigenvalue weighted by molar-refractivity contribution is 8.00. The molecular formula is C11H8ClF3O2S. The minimum absolute atomic E-state index is 0.0144. The van der Waals surface area contributed by atoms with Crippen LogP contribution in [-0.2, 0) is 4.79 Å². The lowest BCUT2D eigenvalue weighted by atomic mass is 10.0. The molecular weight excluding hydrogens is 289 g/mol. The van der Waals surface area contributed by atoms with Gasteiger partial charge >= 0.3 is 5.51 Å². The summed E-state index contributed by atoms with van der Waals surface area (Å²) in [6.07, 6.45) is 0.383. The van der Waals surface area contributed by atoms with E-state index in [0.29, 0.717) is 6.29 Å². The van der Waals surface area contributed by atoms with Gasteiger partial charge in [0, 0.05) is 10.5 Å². The zero-order valence-electron chi connectivity index (χ0n) is 9.12. The summed E-state index contributed by atoms with van der Waals surface area (Å²) in [6, 6.07) is 3.51. The smallest absolute Gasteiger partial charge is 0.298 e. The number of hydrogen-bond donors (Lipinski definition) is 0. The third-order valence-electron chi connectivity index (χ3n) is 2.05. The van der Waals surface area contributed by atoms with Gasteiger partial charge in [-0.2, -0.15) is 13.2 Å². The number of thioether (sulfide) groups is 1. The minimum Gasteiger partial charge on any atom is -0.298 e. The molecule has 1 atom stereocenters. The van der Waals surface area contributed by atoms with Crippen LogP contribution in [0.2, 0.25) is 0 Å². The van der Waals surface area contributed by atoms with E-state index in [1.807, 2.05) is 0 Å². The van der Waals surface area contributed by atoms with E-state index in [1.165, 1.54) is 19.1 Å². The molecule has 0 aromatic heterocycles. The lowest BCUT2D eigenvalue weighted by molar-refractivity contribution is -0.116. The van der Waals surface area contributed by atoms with Crippen LogP contribution < -0.4 is 0 Å². The highest BCUT2D eigenvalue weighted by Crippen LogP contribution is 2.38.